The number of nitriles is 1. The summed E-state index contributed by atoms with van der Waals surface area (Å²) in [7, 11) is -2.59. The highest BCUT2D eigenvalue weighted by Gasteiger charge is 2.22. The predicted molar refractivity (Wildman–Crippen MR) is 97.4 cm³/mol. The lowest BCUT2D eigenvalue weighted by Crippen LogP contribution is -2.14. The molecule has 0 unspecified atom stereocenters. The van der Waals surface area contributed by atoms with Crippen molar-refractivity contribution in [1.29, 1.82) is 5.26 Å². The molecule has 0 amide bonds. The van der Waals surface area contributed by atoms with Crippen LogP contribution in [0.1, 0.15) is 12.5 Å². The molecule has 0 fully saturated rings. The number of ether oxygens (including phenoxy) is 1. The van der Waals surface area contributed by atoms with Crippen molar-refractivity contribution < 1.29 is 13.2 Å². The van der Waals surface area contributed by atoms with E-state index in [0.717, 1.165) is 0 Å². The highest BCUT2D eigenvalue weighted by molar-refractivity contribution is 7.92. The van der Waals surface area contributed by atoms with Gasteiger partial charge in [-0.25, -0.2) is 13.1 Å². The highest BCUT2D eigenvalue weighted by atomic mass is 32.2. The topological polar surface area (TPSA) is 123 Å². The number of hydrogen-bond acceptors (Lipinski definition) is 7. The average Bonchev–Trinajstić information content (AvgIpc) is 3.16. The summed E-state index contributed by atoms with van der Waals surface area (Å²) in [5, 5.41) is 20.4. The number of nitrogens with zero attached hydrogens (tertiary/aromatic N) is 5. The van der Waals surface area contributed by atoms with Crippen molar-refractivity contribution in [2.45, 2.75) is 18.4 Å². The van der Waals surface area contributed by atoms with Gasteiger partial charge >= 0.3 is 0 Å². The molecule has 3 rings (SSSR count). The number of rotatable bonds is 6. The summed E-state index contributed by atoms with van der Waals surface area (Å²) < 4.78 is 35.1. The molecular weight excluding hydrogens is 368 g/mol. The molecule has 0 saturated heterocycles. The first kappa shape index (κ1) is 18.3. The number of hydrogen-bond donors (Lipinski definition) is 1. The molecular formula is C17H16N6O3S. The van der Waals surface area contributed by atoms with Crippen LogP contribution >= 0.6 is 0 Å². The molecule has 1 heterocycles. The minimum atomic E-state index is -3.98. The Morgan fingerprint density at radius 2 is 2.07 bits per heavy atom. The molecule has 3 aromatic rings. The van der Waals surface area contributed by atoms with Crippen LogP contribution in [0.4, 0.5) is 5.69 Å². The van der Waals surface area contributed by atoms with Crippen molar-refractivity contribution in [3.05, 3.63) is 48.0 Å². The monoisotopic (exact) mass is 384 g/mol. The Morgan fingerprint density at radius 1 is 1.26 bits per heavy atom. The lowest BCUT2D eigenvalue weighted by atomic mass is 10.2. The van der Waals surface area contributed by atoms with Crippen LogP contribution in [0.25, 0.3) is 11.4 Å². The number of aryl methyl sites for hydroxylation is 1. The summed E-state index contributed by atoms with van der Waals surface area (Å²) in [6, 6.07) is 12.9. The highest BCUT2D eigenvalue weighted by Crippen LogP contribution is 2.30. The van der Waals surface area contributed by atoms with Gasteiger partial charge in [0.2, 0.25) is 0 Å². The van der Waals surface area contributed by atoms with E-state index in [4.69, 9.17) is 10.00 Å². The molecule has 0 aliphatic heterocycles. The van der Waals surface area contributed by atoms with E-state index in [1.807, 2.05) is 13.0 Å². The van der Waals surface area contributed by atoms with E-state index in [0.29, 0.717) is 23.5 Å². The van der Waals surface area contributed by atoms with Gasteiger partial charge in [-0.15, -0.1) is 5.10 Å². The summed E-state index contributed by atoms with van der Waals surface area (Å²) in [6.07, 6.45) is 0. The molecule has 0 aliphatic carbocycles. The maximum absolute atomic E-state index is 12.9. The summed E-state index contributed by atoms with van der Waals surface area (Å²) in [5.41, 5.74) is 1.16. The number of nitrogens with one attached hydrogen (secondary N) is 1. The normalized spacial score (nSPS) is 11.0. The number of sulfonamides is 1. The molecule has 2 aromatic carbocycles. The first-order chi connectivity index (χ1) is 13.0. The van der Waals surface area contributed by atoms with Crippen LogP contribution in [-0.2, 0) is 16.6 Å². The van der Waals surface area contributed by atoms with Gasteiger partial charge in [0, 0.05) is 12.1 Å². The second kappa shape index (κ2) is 7.43. The molecule has 0 aliphatic rings. The lowest BCUT2D eigenvalue weighted by Gasteiger charge is -2.13. The number of anilines is 1. The van der Waals surface area contributed by atoms with Crippen LogP contribution in [0.15, 0.2) is 47.4 Å². The van der Waals surface area contributed by atoms with Gasteiger partial charge in [0.05, 0.1) is 24.4 Å². The fraction of sp³-hybridized carbons (Fsp3) is 0.176. The summed E-state index contributed by atoms with van der Waals surface area (Å²) in [6.45, 7) is 2.42. The zero-order valence-corrected chi connectivity index (χ0v) is 15.4. The number of methoxy groups -OCH3 is 1. The molecule has 0 saturated carbocycles. The Kier molecular flexibility index (Phi) is 5.05. The van der Waals surface area contributed by atoms with Crippen LogP contribution in [0.5, 0.6) is 5.75 Å². The van der Waals surface area contributed by atoms with E-state index in [1.165, 1.54) is 19.2 Å². The standard InChI is InChI=1S/C17H16N6O3S/c1-3-23-17(19-21-22-23)13-7-8-15(26-2)16(10-13)27(24,25)20-14-6-4-5-12(9-14)11-18/h4-10,20H,3H2,1-2H3. The largest absolute Gasteiger partial charge is 0.495 e. The molecule has 0 bridgehead atoms. The molecule has 0 atom stereocenters. The number of tetrazole rings is 1. The van der Waals surface area contributed by atoms with Crippen LogP contribution < -0.4 is 9.46 Å². The molecule has 0 spiro atoms. The first-order valence-electron chi connectivity index (χ1n) is 7.96. The SMILES string of the molecule is CCn1nnnc1-c1ccc(OC)c(S(=O)(=O)Nc2cccc(C#N)c2)c1. The van der Waals surface area contributed by atoms with Crippen molar-refractivity contribution >= 4 is 15.7 Å². The summed E-state index contributed by atoms with van der Waals surface area (Å²) in [5.74, 6) is 0.626. The van der Waals surface area contributed by atoms with Gasteiger partial charge in [-0.1, -0.05) is 6.07 Å². The predicted octanol–water partition coefficient (Wildman–Crippen LogP) is 2.04. The van der Waals surface area contributed by atoms with Gasteiger partial charge in [0.15, 0.2) is 5.82 Å². The van der Waals surface area contributed by atoms with E-state index in [1.54, 1.807) is 35.0 Å². The Balaban J connectivity index is 2.05. The molecule has 138 valence electrons. The Hall–Kier alpha value is -3.45. The minimum absolute atomic E-state index is 0.0597. The quantitative estimate of drug-likeness (QED) is 0.690. The van der Waals surface area contributed by atoms with Gasteiger partial charge < -0.3 is 4.74 Å². The van der Waals surface area contributed by atoms with Gasteiger partial charge in [-0.3, -0.25) is 4.72 Å². The molecule has 9 nitrogen and oxygen atoms in total. The Morgan fingerprint density at radius 3 is 2.78 bits per heavy atom. The van der Waals surface area contributed by atoms with Crippen LogP contribution in [0.2, 0.25) is 0 Å². The summed E-state index contributed by atoms with van der Waals surface area (Å²) >= 11 is 0. The fourth-order valence-electron chi connectivity index (χ4n) is 2.51. The van der Waals surface area contributed by atoms with Crippen LogP contribution in [-0.4, -0.2) is 35.7 Å². The number of benzene rings is 2. The van der Waals surface area contributed by atoms with Crippen molar-refractivity contribution in [1.82, 2.24) is 20.2 Å². The molecule has 1 N–H and O–H groups in total. The average molecular weight is 384 g/mol. The Bertz CT molecular complexity index is 1120. The van der Waals surface area contributed by atoms with Crippen molar-refractivity contribution in [2.24, 2.45) is 0 Å². The fourth-order valence-corrected chi connectivity index (χ4v) is 3.76. The Labute approximate surface area is 156 Å². The van der Waals surface area contributed by atoms with Crippen molar-refractivity contribution in [2.75, 3.05) is 11.8 Å². The van der Waals surface area contributed by atoms with Gasteiger partial charge in [0.25, 0.3) is 10.0 Å². The van der Waals surface area contributed by atoms with E-state index in [-0.39, 0.29) is 16.3 Å². The van der Waals surface area contributed by atoms with E-state index in [2.05, 4.69) is 20.2 Å². The van der Waals surface area contributed by atoms with Crippen LogP contribution in [0, 0.1) is 11.3 Å². The maximum Gasteiger partial charge on any atom is 0.265 e. The molecule has 0 radical (unpaired) electrons. The second-order valence-electron chi connectivity index (χ2n) is 5.48. The van der Waals surface area contributed by atoms with Gasteiger partial charge in [-0.2, -0.15) is 5.26 Å². The molecule has 10 heteroatoms. The molecule has 1 aromatic heterocycles. The van der Waals surface area contributed by atoms with Gasteiger partial charge in [-0.05, 0) is 53.7 Å². The summed E-state index contributed by atoms with van der Waals surface area (Å²) in [4.78, 5) is -0.0597. The smallest absolute Gasteiger partial charge is 0.265 e. The van der Waals surface area contributed by atoms with Gasteiger partial charge in [0.1, 0.15) is 10.6 Å². The molecule has 27 heavy (non-hydrogen) atoms. The van der Waals surface area contributed by atoms with E-state index < -0.39 is 10.0 Å². The second-order valence-corrected chi connectivity index (χ2v) is 7.13. The van der Waals surface area contributed by atoms with Crippen molar-refractivity contribution in [3.8, 4) is 23.2 Å². The number of aromatic nitrogens is 4. The van der Waals surface area contributed by atoms with E-state index in [9.17, 15) is 8.42 Å². The van der Waals surface area contributed by atoms with E-state index >= 15 is 0 Å². The first-order valence-corrected chi connectivity index (χ1v) is 9.44. The zero-order chi connectivity index (χ0) is 19.4. The third-order valence-corrected chi connectivity index (χ3v) is 5.19. The zero-order valence-electron chi connectivity index (χ0n) is 14.6. The maximum atomic E-state index is 12.9. The third kappa shape index (κ3) is 3.73. The lowest BCUT2D eigenvalue weighted by molar-refractivity contribution is 0.403. The third-order valence-electron chi connectivity index (χ3n) is 3.79. The van der Waals surface area contributed by atoms with Crippen molar-refractivity contribution in [3.63, 3.8) is 0 Å². The van der Waals surface area contributed by atoms with Crippen LogP contribution in [0.3, 0.4) is 0 Å². The minimum Gasteiger partial charge on any atom is -0.495 e.